The summed E-state index contributed by atoms with van der Waals surface area (Å²) in [6.45, 7) is 23.5. The van der Waals surface area contributed by atoms with Crippen molar-refractivity contribution in [2.75, 3.05) is 65.5 Å². The predicted octanol–water partition coefficient (Wildman–Crippen LogP) is 4.53. The van der Waals surface area contributed by atoms with E-state index in [1.54, 1.807) is 0 Å². The Labute approximate surface area is 171 Å². The smallest absolute Gasteiger partial charge is 0.186 e. The van der Waals surface area contributed by atoms with Crippen molar-refractivity contribution < 1.29 is 4.43 Å². The van der Waals surface area contributed by atoms with E-state index in [0.29, 0.717) is 0 Å². The molecule has 162 valence electrons. The molecule has 0 amide bonds. The predicted molar refractivity (Wildman–Crippen MR) is 122 cm³/mol. The molecule has 0 bridgehead atoms. The van der Waals surface area contributed by atoms with Crippen molar-refractivity contribution >= 4 is 8.32 Å². The van der Waals surface area contributed by atoms with Crippen molar-refractivity contribution in [1.82, 2.24) is 14.7 Å². The second-order valence-electron chi connectivity index (χ2n) is 8.77. The minimum absolute atomic E-state index is 0.892. The van der Waals surface area contributed by atoms with Gasteiger partial charge in [0.15, 0.2) is 8.32 Å². The van der Waals surface area contributed by atoms with E-state index in [2.05, 4.69) is 48.6 Å². The molecule has 0 aromatic heterocycles. The van der Waals surface area contributed by atoms with Crippen molar-refractivity contribution in [3.05, 3.63) is 0 Å². The van der Waals surface area contributed by atoms with Gasteiger partial charge in [-0.25, -0.2) is 0 Å². The highest BCUT2D eigenvalue weighted by atomic mass is 28.4. The highest BCUT2D eigenvalue weighted by Gasteiger charge is 2.20. The second-order valence-corrected chi connectivity index (χ2v) is 13.1. The fourth-order valence-corrected chi connectivity index (χ4v) is 6.14. The van der Waals surface area contributed by atoms with E-state index in [9.17, 15) is 0 Å². The van der Waals surface area contributed by atoms with Gasteiger partial charge in [-0.05, 0) is 52.1 Å². The topological polar surface area (TPSA) is 19.0 Å². The third-order valence-electron chi connectivity index (χ3n) is 6.13. The number of unbranched alkanes of at least 4 members (excludes halogenated alkanes) is 5. The Morgan fingerprint density at radius 3 is 1.81 bits per heavy atom. The minimum Gasteiger partial charge on any atom is -0.418 e. The molecule has 1 aliphatic heterocycles. The van der Waals surface area contributed by atoms with Gasteiger partial charge in [-0.1, -0.05) is 46.0 Å². The first-order chi connectivity index (χ1) is 13.0. The maximum absolute atomic E-state index is 5.91. The normalized spacial score (nSPS) is 17.1. The number of rotatable bonds is 16. The lowest BCUT2D eigenvalue weighted by Crippen LogP contribution is -2.48. The molecule has 4 nitrogen and oxygen atoms in total. The van der Waals surface area contributed by atoms with Crippen molar-refractivity contribution in [3.63, 3.8) is 0 Å². The molecular weight excluding hydrogens is 350 g/mol. The van der Waals surface area contributed by atoms with Crippen LogP contribution in [0.25, 0.3) is 0 Å². The van der Waals surface area contributed by atoms with Gasteiger partial charge in [0.05, 0.1) is 0 Å². The van der Waals surface area contributed by atoms with Gasteiger partial charge in [-0.15, -0.1) is 0 Å². The van der Waals surface area contributed by atoms with Crippen molar-refractivity contribution in [2.45, 2.75) is 78.4 Å². The lowest BCUT2D eigenvalue weighted by Gasteiger charge is -2.35. The van der Waals surface area contributed by atoms with Gasteiger partial charge in [-0.3, -0.25) is 4.90 Å². The van der Waals surface area contributed by atoms with Crippen LogP contribution in [0.2, 0.25) is 19.1 Å². The van der Waals surface area contributed by atoms with Crippen LogP contribution < -0.4 is 0 Å². The third kappa shape index (κ3) is 12.3. The monoisotopic (exact) mass is 399 g/mol. The van der Waals surface area contributed by atoms with Crippen LogP contribution in [0.15, 0.2) is 0 Å². The molecule has 0 N–H and O–H groups in total. The van der Waals surface area contributed by atoms with Crippen LogP contribution in [0, 0.1) is 0 Å². The molecule has 0 radical (unpaired) electrons. The van der Waals surface area contributed by atoms with E-state index in [0.717, 1.165) is 6.61 Å². The van der Waals surface area contributed by atoms with Crippen molar-refractivity contribution in [3.8, 4) is 0 Å². The highest BCUT2D eigenvalue weighted by Crippen LogP contribution is 2.17. The van der Waals surface area contributed by atoms with Crippen LogP contribution in [0.5, 0.6) is 0 Å². The van der Waals surface area contributed by atoms with Gasteiger partial charge in [0, 0.05) is 45.9 Å². The summed E-state index contributed by atoms with van der Waals surface area (Å²) >= 11 is 0. The second kappa shape index (κ2) is 15.0. The first-order valence-electron chi connectivity index (χ1n) is 11.8. The summed E-state index contributed by atoms with van der Waals surface area (Å²) in [6, 6.07) is 1.33. The van der Waals surface area contributed by atoms with Crippen LogP contribution in [-0.4, -0.2) is 88.5 Å². The van der Waals surface area contributed by atoms with Crippen LogP contribution >= 0.6 is 0 Å². The van der Waals surface area contributed by atoms with Crippen LogP contribution in [0.3, 0.4) is 0 Å². The molecule has 5 heteroatoms. The Bertz CT molecular complexity index is 342. The molecule has 1 heterocycles. The van der Waals surface area contributed by atoms with Gasteiger partial charge in [0.1, 0.15) is 0 Å². The SMILES string of the molecule is CCO[Si](C)(C)CCCCCCCCN1CCN(CCN(CC)CC)CC1. The summed E-state index contributed by atoms with van der Waals surface area (Å²) in [5.74, 6) is 0. The molecule has 27 heavy (non-hydrogen) atoms. The molecule has 0 saturated carbocycles. The zero-order chi connectivity index (χ0) is 20.0. The Hall–Kier alpha value is 0.0569. The number of nitrogens with zero attached hydrogens (tertiary/aromatic N) is 3. The number of piperazine rings is 1. The molecule has 1 saturated heterocycles. The Balaban J connectivity index is 1.94. The largest absolute Gasteiger partial charge is 0.418 e. The molecular formula is C22H49N3OSi. The van der Waals surface area contributed by atoms with Gasteiger partial charge in [-0.2, -0.15) is 0 Å². The van der Waals surface area contributed by atoms with Crippen molar-refractivity contribution in [1.29, 1.82) is 0 Å². The van der Waals surface area contributed by atoms with Gasteiger partial charge in [0.25, 0.3) is 0 Å². The first kappa shape index (κ1) is 25.1. The maximum Gasteiger partial charge on any atom is 0.186 e. The number of hydrogen-bond acceptors (Lipinski definition) is 4. The van der Waals surface area contributed by atoms with E-state index in [1.807, 2.05) is 0 Å². The average Bonchev–Trinajstić information content (AvgIpc) is 2.65. The average molecular weight is 400 g/mol. The quantitative estimate of drug-likeness (QED) is 0.280. The van der Waals surface area contributed by atoms with E-state index < -0.39 is 8.32 Å². The van der Waals surface area contributed by atoms with E-state index in [4.69, 9.17) is 4.43 Å². The summed E-state index contributed by atoms with van der Waals surface area (Å²) < 4.78 is 5.91. The van der Waals surface area contributed by atoms with E-state index >= 15 is 0 Å². The van der Waals surface area contributed by atoms with E-state index in [1.165, 1.54) is 103 Å². The number of likely N-dealkylation sites (N-methyl/N-ethyl adjacent to an activating group) is 1. The fourth-order valence-electron chi connectivity index (χ4n) is 4.12. The number of hydrogen-bond donors (Lipinski definition) is 0. The lowest BCUT2D eigenvalue weighted by atomic mass is 10.1. The van der Waals surface area contributed by atoms with Gasteiger partial charge >= 0.3 is 0 Å². The summed E-state index contributed by atoms with van der Waals surface area (Å²) in [6.07, 6.45) is 8.40. The maximum atomic E-state index is 5.91. The molecule has 0 atom stereocenters. The standard InChI is InChI=1S/C22H49N3OSi/c1-6-23(7-2)16-17-25-20-18-24(19-21-25)15-13-11-9-10-12-14-22-27(4,5)26-8-3/h6-22H2,1-5H3. The first-order valence-corrected chi connectivity index (χ1v) is 14.9. The van der Waals surface area contributed by atoms with Crippen LogP contribution in [-0.2, 0) is 4.43 Å². The zero-order valence-electron chi connectivity index (χ0n) is 19.3. The van der Waals surface area contributed by atoms with E-state index in [-0.39, 0.29) is 0 Å². The third-order valence-corrected chi connectivity index (χ3v) is 8.76. The Morgan fingerprint density at radius 1 is 0.741 bits per heavy atom. The Kier molecular flexibility index (Phi) is 13.9. The molecule has 0 aromatic carbocycles. The van der Waals surface area contributed by atoms with Crippen molar-refractivity contribution in [2.24, 2.45) is 0 Å². The van der Waals surface area contributed by atoms with Gasteiger partial charge in [0.2, 0.25) is 0 Å². The summed E-state index contributed by atoms with van der Waals surface area (Å²) in [5.41, 5.74) is 0. The lowest BCUT2D eigenvalue weighted by molar-refractivity contribution is 0.119. The van der Waals surface area contributed by atoms with Gasteiger partial charge < -0.3 is 14.2 Å². The van der Waals surface area contributed by atoms with Crippen LogP contribution in [0.1, 0.15) is 59.3 Å². The minimum atomic E-state index is -1.34. The molecule has 0 aliphatic carbocycles. The molecule has 1 fully saturated rings. The fraction of sp³-hybridized carbons (Fsp3) is 1.00. The highest BCUT2D eigenvalue weighted by molar-refractivity contribution is 6.71. The molecule has 0 unspecified atom stereocenters. The Morgan fingerprint density at radius 2 is 1.26 bits per heavy atom. The molecule has 1 aliphatic rings. The molecule has 1 rings (SSSR count). The molecule has 0 aromatic rings. The summed E-state index contributed by atoms with van der Waals surface area (Å²) in [4.78, 5) is 7.87. The zero-order valence-corrected chi connectivity index (χ0v) is 20.3. The molecule has 0 spiro atoms. The summed E-state index contributed by atoms with van der Waals surface area (Å²) in [7, 11) is -1.34. The summed E-state index contributed by atoms with van der Waals surface area (Å²) in [5, 5.41) is 0. The van der Waals surface area contributed by atoms with Crippen LogP contribution in [0.4, 0.5) is 0 Å².